The maximum absolute atomic E-state index is 14.9. The molecule has 2 aliphatic heterocycles. The standard InChI is InChI=1S/C25H24BrFN6O2.C25H22Cl2FN5O2/c1-25(2)34-20-13(4-3-12-7-17(27)15-10-16(26)23(29)32-18(15)8-12)9-19(21(20)35-25)33-6-5-14-22(28)30-11-31-24(14)33;1-25(2)34-20-13(4-3-12-9-18-14(8-17(12)28)7-16(26)23(29)32-18)10-19(21(20)35-25)33-6-5-15-22(27)30-11-31-24(15)33/h5-11,19-21H,3-4H2,1-2H3,(H2,29,32)(H2,28,30,31);5-11,19-21H,3-4H2,1-2H3,(H2,29,32)/t2*19-,20-,21+/m11/s1. The molecule has 2 aliphatic carbocycles. The average Bonchev–Trinajstić information content (AvgIpc) is 4.16. The number of benzene rings is 2. The molecule has 0 bridgehead atoms. The molecule has 8 aromatic rings. The van der Waals surface area contributed by atoms with Gasteiger partial charge < -0.3 is 45.3 Å². The second-order valence-electron chi connectivity index (χ2n) is 18.8. The number of aryl methyl sites for hydroxylation is 2. The van der Waals surface area contributed by atoms with Gasteiger partial charge in [0, 0.05) is 23.2 Å². The number of halogens is 5. The minimum absolute atomic E-state index is 0.115. The molecular formula is C50H46BrCl2F2N11O4. The number of rotatable bonds is 8. The molecule has 6 atom stereocenters. The summed E-state index contributed by atoms with van der Waals surface area (Å²) in [5, 5.41) is 3.33. The Labute approximate surface area is 418 Å². The SMILES string of the molecule is CC1(C)O[C@@H]2[C@H](O1)C(CCc1cc(F)c3cc(Br)c(N)nc3c1)=C[C@H]2n1ccc2c(N)ncnc21.CC1(C)O[C@@H]2[C@H](O1)C(CCc1cc3nc(N)c(Cl)cc3cc1F)=C[C@H]2n1ccc2c(Cl)ncnc21. The van der Waals surface area contributed by atoms with Gasteiger partial charge in [0.1, 0.15) is 82.6 Å². The largest absolute Gasteiger partial charge is 0.383 e. The number of nitrogen functional groups attached to an aromatic ring is 3. The number of hydrogen-bond acceptors (Lipinski definition) is 13. The van der Waals surface area contributed by atoms with E-state index in [0.29, 0.717) is 79.3 Å². The summed E-state index contributed by atoms with van der Waals surface area (Å²) in [6.07, 6.45) is 12.6. The summed E-state index contributed by atoms with van der Waals surface area (Å²) in [6, 6.07) is 13.5. The van der Waals surface area contributed by atoms with Crippen molar-refractivity contribution in [1.29, 1.82) is 0 Å². The van der Waals surface area contributed by atoms with Crippen LogP contribution >= 0.6 is 39.1 Å². The Hall–Kier alpha value is -5.86. The summed E-state index contributed by atoms with van der Waals surface area (Å²) in [5.74, 6) is -1.08. The van der Waals surface area contributed by atoms with Gasteiger partial charge in [-0.2, -0.15) is 0 Å². The molecular weight excluding hydrogens is 1010 g/mol. The summed E-state index contributed by atoms with van der Waals surface area (Å²) in [5.41, 5.74) is 24.0. The molecule has 0 unspecified atom stereocenters. The molecule has 8 heterocycles. The third-order valence-electron chi connectivity index (χ3n) is 13.3. The minimum Gasteiger partial charge on any atom is -0.383 e. The normalized spacial score (nSPS) is 23.2. The van der Waals surface area contributed by atoms with Crippen molar-refractivity contribution in [3.63, 3.8) is 0 Å². The van der Waals surface area contributed by atoms with Gasteiger partial charge in [-0.3, -0.25) is 0 Å². The van der Waals surface area contributed by atoms with Gasteiger partial charge in [0.15, 0.2) is 11.6 Å². The van der Waals surface area contributed by atoms with Crippen LogP contribution in [-0.2, 0) is 31.8 Å². The van der Waals surface area contributed by atoms with E-state index in [-0.39, 0.29) is 54.0 Å². The van der Waals surface area contributed by atoms with Gasteiger partial charge in [0.2, 0.25) is 0 Å². The van der Waals surface area contributed by atoms with E-state index < -0.39 is 11.6 Å². The lowest BCUT2D eigenvalue weighted by Gasteiger charge is -2.22. The number of nitrogens with two attached hydrogens (primary N) is 3. The van der Waals surface area contributed by atoms with Crippen LogP contribution in [0.15, 0.2) is 101 Å². The molecule has 2 aromatic carbocycles. The number of anilines is 3. The summed E-state index contributed by atoms with van der Waals surface area (Å²) in [6.45, 7) is 7.63. The molecule has 0 spiro atoms. The van der Waals surface area contributed by atoms with Gasteiger partial charge in [-0.05, 0) is 140 Å². The van der Waals surface area contributed by atoms with Crippen LogP contribution in [0.25, 0.3) is 43.9 Å². The van der Waals surface area contributed by atoms with Crippen LogP contribution < -0.4 is 17.2 Å². The van der Waals surface area contributed by atoms with E-state index in [1.807, 2.05) is 62.9 Å². The highest BCUT2D eigenvalue weighted by molar-refractivity contribution is 9.10. The zero-order valence-corrected chi connectivity index (χ0v) is 41.3. The lowest BCUT2D eigenvalue weighted by Crippen LogP contribution is -2.27. The van der Waals surface area contributed by atoms with E-state index in [2.05, 4.69) is 62.6 Å². The molecule has 2 fully saturated rings. The number of nitrogens with zero attached hydrogens (tertiary/aromatic N) is 8. The van der Waals surface area contributed by atoms with E-state index in [1.165, 1.54) is 18.7 Å². The van der Waals surface area contributed by atoms with Crippen molar-refractivity contribution in [3.8, 4) is 0 Å². The van der Waals surface area contributed by atoms with Gasteiger partial charge in [-0.1, -0.05) is 35.4 Å². The highest BCUT2D eigenvalue weighted by Gasteiger charge is 2.52. The molecule has 20 heteroatoms. The predicted octanol–water partition coefficient (Wildman–Crippen LogP) is 10.3. The summed E-state index contributed by atoms with van der Waals surface area (Å²) < 4.78 is 59.6. The van der Waals surface area contributed by atoms with Gasteiger partial charge in [0.05, 0.1) is 43.4 Å². The summed E-state index contributed by atoms with van der Waals surface area (Å²) in [4.78, 5) is 25.7. The molecule has 0 saturated carbocycles. The third kappa shape index (κ3) is 8.42. The molecule has 0 amide bonds. The van der Waals surface area contributed by atoms with Crippen molar-refractivity contribution >= 4 is 100 Å². The van der Waals surface area contributed by atoms with Crippen LogP contribution in [0.2, 0.25) is 10.2 Å². The Morgan fingerprint density at radius 2 is 1.23 bits per heavy atom. The van der Waals surface area contributed by atoms with Crippen LogP contribution in [-0.4, -0.2) is 75.0 Å². The van der Waals surface area contributed by atoms with Gasteiger partial charge >= 0.3 is 0 Å². The summed E-state index contributed by atoms with van der Waals surface area (Å²) >= 11 is 15.6. The van der Waals surface area contributed by atoms with Crippen molar-refractivity contribution in [1.82, 2.24) is 39.0 Å². The highest BCUT2D eigenvalue weighted by Crippen LogP contribution is 2.47. The van der Waals surface area contributed by atoms with Crippen molar-refractivity contribution in [3.05, 3.63) is 134 Å². The first-order valence-corrected chi connectivity index (χ1v) is 24.2. The van der Waals surface area contributed by atoms with E-state index >= 15 is 0 Å². The minimum atomic E-state index is -0.738. The van der Waals surface area contributed by atoms with Gasteiger partial charge in [-0.15, -0.1) is 0 Å². The average molecular weight is 1050 g/mol. The fourth-order valence-electron chi connectivity index (χ4n) is 10.2. The van der Waals surface area contributed by atoms with Crippen LogP contribution in [0, 0.1) is 11.6 Å². The lowest BCUT2D eigenvalue weighted by molar-refractivity contribution is -0.148. The van der Waals surface area contributed by atoms with E-state index in [1.54, 1.807) is 24.3 Å². The van der Waals surface area contributed by atoms with Crippen molar-refractivity contribution < 1.29 is 27.7 Å². The number of fused-ring (bicyclic) bond motifs is 6. The fourth-order valence-corrected chi connectivity index (χ4v) is 10.9. The monoisotopic (exact) mass is 1050 g/mol. The van der Waals surface area contributed by atoms with Gasteiger partial charge in [0.25, 0.3) is 0 Å². The Balaban J connectivity index is 0.000000152. The topological polar surface area (TPSA) is 202 Å². The number of aromatic nitrogens is 8. The smallest absolute Gasteiger partial charge is 0.164 e. The quantitative estimate of drug-likeness (QED) is 0.0959. The third-order valence-corrected chi connectivity index (χ3v) is 14.6. The zero-order chi connectivity index (χ0) is 49.0. The van der Waals surface area contributed by atoms with Crippen LogP contribution in [0.3, 0.4) is 0 Å². The van der Waals surface area contributed by atoms with E-state index in [4.69, 9.17) is 59.4 Å². The highest BCUT2D eigenvalue weighted by atomic mass is 79.9. The molecule has 6 N–H and O–H groups in total. The van der Waals surface area contributed by atoms with Crippen molar-refractivity contribution in [2.24, 2.45) is 0 Å². The molecule has 4 aliphatic rings. The molecule has 12 rings (SSSR count). The first kappa shape index (κ1) is 46.5. The maximum Gasteiger partial charge on any atom is 0.164 e. The number of ether oxygens (including phenoxy) is 4. The Morgan fingerprint density at radius 1 is 0.629 bits per heavy atom. The molecule has 0 radical (unpaired) electrons. The lowest BCUT2D eigenvalue weighted by atomic mass is 10.0. The Kier molecular flexibility index (Phi) is 11.6. The second-order valence-corrected chi connectivity index (χ2v) is 20.5. The fraction of sp³-hybridized carbons (Fsp3) is 0.320. The molecule has 360 valence electrons. The van der Waals surface area contributed by atoms with Crippen molar-refractivity contribution in [2.45, 2.75) is 101 Å². The Morgan fingerprint density at radius 3 is 1.90 bits per heavy atom. The van der Waals surface area contributed by atoms with Crippen LogP contribution in [0.1, 0.15) is 63.7 Å². The van der Waals surface area contributed by atoms with E-state index in [9.17, 15) is 8.78 Å². The molecule has 6 aromatic heterocycles. The maximum atomic E-state index is 14.9. The van der Waals surface area contributed by atoms with Gasteiger partial charge in [-0.25, -0.2) is 38.7 Å². The number of pyridine rings is 2. The van der Waals surface area contributed by atoms with E-state index in [0.717, 1.165) is 38.8 Å². The summed E-state index contributed by atoms with van der Waals surface area (Å²) in [7, 11) is 0. The first-order chi connectivity index (χ1) is 33.4. The molecule has 2 saturated heterocycles. The zero-order valence-electron chi connectivity index (χ0n) is 38.2. The molecule has 15 nitrogen and oxygen atoms in total. The Bertz CT molecular complexity index is 3490. The van der Waals surface area contributed by atoms with Crippen LogP contribution in [0.4, 0.5) is 26.2 Å². The first-order valence-electron chi connectivity index (χ1n) is 22.6. The second kappa shape index (κ2) is 17.5. The van der Waals surface area contributed by atoms with Crippen molar-refractivity contribution in [2.75, 3.05) is 17.2 Å². The number of hydrogen-bond donors (Lipinski definition) is 3. The molecule has 70 heavy (non-hydrogen) atoms. The predicted molar refractivity (Wildman–Crippen MR) is 268 cm³/mol. The van der Waals surface area contributed by atoms with Crippen LogP contribution in [0.5, 0.6) is 0 Å².